The van der Waals surface area contributed by atoms with Crippen molar-refractivity contribution in [2.24, 2.45) is 0 Å². The Morgan fingerprint density at radius 2 is 2.38 bits per heavy atom. The topological polar surface area (TPSA) is 79.7 Å². The Hall–Kier alpha value is -2.18. The number of rotatable bonds is 3. The lowest BCUT2D eigenvalue weighted by molar-refractivity contribution is -0.135. The molecular formula is C14H20N6O. The first kappa shape index (κ1) is 13.8. The third kappa shape index (κ3) is 2.81. The second-order valence-electron chi connectivity index (χ2n) is 5.65. The highest BCUT2D eigenvalue weighted by Crippen LogP contribution is 2.27. The zero-order valence-electron chi connectivity index (χ0n) is 12.4. The van der Waals surface area contributed by atoms with Crippen LogP contribution in [0.3, 0.4) is 0 Å². The summed E-state index contributed by atoms with van der Waals surface area (Å²) >= 11 is 0. The molecule has 3 heterocycles. The van der Waals surface area contributed by atoms with Crippen LogP contribution in [-0.4, -0.2) is 48.9 Å². The summed E-state index contributed by atoms with van der Waals surface area (Å²) in [6.45, 7) is 5.38. The van der Waals surface area contributed by atoms with Gasteiger partial charge in [-0.3, -0.25) is 9.89 Å². The zero-order valence-corrected chi connectivity index (χ0v) is 12.4. The molecule has 0 bridgehead atoms. The molecule has 112 valence electrons. The van der Waals surface area contributed by atoms with Crippen molar-refractivity contribution in [1.82, 2.24) is 29.9 Å². The first-order valence-corrected chi connectivity index (χ1v) is 7.30. The number of piperidine rings is 1. The summed E-state index contributed by atoms with van der Waals surface area (Å²) in [7, 11) is 0. The van der Waals surface area contributed by atoms with Gasteiger partial charge in [-0.1, -0.05) is 0 Å². The number of aromatic amines is 1. The summed E-state index contributed by atoms with van der Waals surface area (Å²) in [6, 6.07) is 1.76. The molecule has 0 spiro atoms. The first-order valence-electron chi connectivity index (χ1n) is 7.30. The Morgan fingerprint density at radius 1 is 1.52 bits per heavy atom. The van der Waals surface area contributed by atoms with Crippen LogP contribution < -0.4 is 0 Å². The van der Waals surface area contributed by atoms with Crippen molar-refractivity contribution in [3.05, 3.63) is 30.1 Å². The predicted molar refractivity (Wildman–Crippen MR) is 76.6 cm³/mol. The van der Waals surface area contributed by atoms with E-state index in [-0.39, 0.29) is 11.9 Å². The number of aryl methyl sites for hydroxylation is 1. The number of H-pyrrole nitrogens is 1. The van der Waals surface area contributed by atoms with Gasteiger partial charge in [-0.25, -0.2) is 9.67 Å². The van der Waals surface area contributed by atoms with Gasteiger partial charge >= 0.3 is 0 Å². The monoisotopic (exact) mass is 288 g/mol. The highest BCUT2D eigenvalue weighted by Gasteiger charge is 2.29. The molecule has 2 aromatic heterocycles. The molecule has 3 rings (SSSR count). The standard InChI is InChI=1S/C14H20N6O/c1-10-6-13(18-17-10)12-4-3-5-19(7-12)14(21)11(2)20-9-15-8-16-20/h6,8-9,11-12H,3-5,7H2,1-2H3,(H,17,18)/t11-,12-/m1/s1. The highest BCUT2D eigenvalue weighted by atomic mass is 16.2. The number of likely N-dealkylation sites (tertiary alicyclic amines) is 1. The van der Waals surface area contributed by atoms with E-state index in [1.807, 2.05) is 18.7 Å². The van der Waals surface area contributed by atoms with Crippen molar-refractivity contribution in [3.8, 4) is 0 Å². The number of hydrogen-bond acceptors (Lipinski definition) is 4. The van der Waals surface area contributed by atoms with E-state index in [1.165, 1.54) is 6.33 Å². The van der Waals surface area contributed by atoms with Crippen molar-refractivity contribution in [1.29, 1.82) is 0 Å². The van der Waals surface area contributed by atoms with E-state index in [0.717, 1.165) is 37.3 Å². The van der Waals surface area contributed by atoms with Crippen molar-refractivity contribution < 1.29 is 4.79 Å². The van der Waals surface area contributed by atoms with Gasteiger partial charge in [0.25, 0.3) is 0 Å². The van der Waals surface area contributed by atoms with Crippen LogP contribution >= 0.6 is 0 Å². The third-order valence-electron chi connectivity index (χ3n) is 4.07. The molecule has 0 saturated carbocycles. The van der Waals surface area contributed by atoms with Crippen LogP contribution in [0.2, 0.25) is 0 Å². The molecule has 1 aliphatic rings. The van der Waals surface area contributed by atoms with Gasteiger partial charge in [0.05, 0.1) is 5.69 Å². The summed E-state index contributed by atoms with van der Waals surface area (Å²) < 4.78 is 1.60. The summed E-state index contributed by atoms with van der Waals surface area (Å²) in [5, 5.41) is 11.4. The van der Waals surface area contributed by atoms with E-state index >= 15 is 0 Å². The minimum absolute atomic E-state index is 0.0949. The smallest absolute Gasteiger partial charge is 0.247 e. The number of nitrogens with one attached hydrogen (secondary N) is 1. The molecule has 7 heteroatoms. The fraction of sp³-hybridized carbons (Fsp3) is 0.571. The summed E-state index contributed by atoms with van der Waals surface area (Å²) in [5.41, 5.74) is 2.11. The molecule has 1 N–H and O–H groups in total. The lowest BCUT2D eigenvalue weighted by atomic mass is 9.94. The van der Waals surface area contributed by atoms with Gasteiger partial charge in [-0.05, 0) is 32.8 Å². The van der Waals surface area contributed by atoms with Gasteiger partial charge in [0.1, 0.15) is 18.7 Å². The van der Waals surface area contributed by atoms with Crippen LogP contribution in [0.1, 0.15) is 43.1 Å². The molecule has 0 radical (unpaired) electrons. The van der Waals surface area contributed by atoms with Crippen LogP contribution in [0.5, 0.6) is 0 Å². The number of hydrogen-bond donors (Lipinski definition) is 1. The molecule has 1 aliphatic heterocycles. The van der Waals surface area contributed by atoms with Crippen LogP contribution in [0.4, 0.5) is 0 Å². The minimum atomic E-state index is -0.313. The van der Waals surface area contributed by atoms with Crippen LogP contribution in [0.25, 0.3) is 0 Å². The van der Waals surface area contributed by atoms with Crippen molar-refractivity contribution in [3.63, 3.8) is 0 Å². The van der Waals surface area contributed by atoms with E-state index in [0.29, 0.717) is 5.92 Å². The van der Waals surface area contributed by atoms with E-state index in [1.54, 1.807) is 11.0 Å². The average Bonchev–Trinajstić information content (AvgIpc) is 3.17. The van der Waals surface area contributed by atoms with E-state index in [9.17, 15) is 4.79 Å². The SMILES string of the molecule is Cc1cc([C@@H]2CCCN(C(=O)[C@@H](C)n3cncn3)C2)n[nH]1. The Bertz CT molecular complexity index is 605. The molecule has 2 aromatic rings. The molecule has 0 aliphatic carbocycles. The molecule has 1 amide bonds. The van der Waals surface area contributed by atoms with Crippen molar-refractivity contribution in [2.75, 3.05) is 13.1 Å². The second kappa shape index (κ2) is 5.67. The zero-order chi connectivity index (χ0) is 14.8. The van der Waals surface area contributed by atoms with E-state index < -0.39 is 0 Å². The Balaban J connectivity index is 1.69. The van der Waals surface area contributed by atoms with Gasteiger partial charge < -0.3 is 4.90 Å². The summed E-state index contributed by atoms with van der Waals surface area (Å²) in [6.07, 6.45) is 5.12. The molecule has 7 nitrogen and oxygen atoms in total. The summed E-state index contributed by atoms with van der Waals surface area (Å²) in [5.74, 6) is 0.410. The minimum Gasteiger partial charge on any atom is -0.340 e. The average molecular weight is 288 g/mol. The molecule has 1 fully saturated rings. The first-order chi connectivity index (χ1) is 10.1. The molecular weight excluding hydrogens is 268 g/mol. The number of nitrogens with zero attached hydrogens (tertiary/aromatic N) is 5. The molecule has 21 heavy (non-hydrogen) atoms. The Labute approximate surface area is 123 Å². The predicted octanol–water partition coefficient (Wildman–Crippen LogP) is 1.28. The lowest BCUT2D eigenvalue weighted by Gasteiger charge is -2.33. The maximum Gasteiger partial charge on any atom is 0.247 e. The quantitative estimate of drug-likeness (QED) is 0.922. The van der Waals surface area contributed by atoms with Crippen LogP contribution in [0, 0.1) is 6.92 Å². The van der Waals surface area contributed by atoms with Gasteiger partial charge in [-0.15, -0.1) is 0 Å². The number of amides is 1. The van der Waals surface area contributed by atoms with Crippen LogP contribution in [0.15, 0.2) is 18.7 Å². The lowest BCUT2D eigenvalue weighted by Crippen LogP contribution is -2.42. The maximum atomic E-state index is 12.6. The third-order valence-corrected chi connectivity index (χ3v) is 4.07. The maximum absolute atomic E-state index is 12.6. The fourth-order valence-corrected chi connectivity index (χ4v) is 2.86. The second-order valence-corrected chi connectivity index (χ2v) is 5.65. The molecule has 0 aromatic carbocycles. The Kier molecular flexibility index (Phi) is 3.72. The number of carbonyl (C=O) groups excluding carboxylic acids is 1. The van der Waals surface area contributed by atoms with Gasteiger partial charge in [0, 0.05) is 24.7 Å². The highest BCUT2D eigenvalue weighted by molar-refractivity contribution is 5.80. The fourth-order valence-electron chi connectivity index (χ4n) is 2.86. The number of aromatic nitrogens is 5. The van der Waals surface area contributed by atoms with Crippen molar-refractivity contribution in [2.45, 2.75) is 38.6 Å². The molecule has 2 atom stereocenters. The van der Waals surface area contributed by atoms with Gasteiger partial charge in [0.2, 0.25) is 5.91 Å². The van der Waals surface area contributed by atoms with Gasteiger partial charge in [-0.2, -0.15) is 10.2 Å². The largest absolute Gasteiger partial charge is 0.340 e. The van der Waals surface area contributed by atoms with Crippen molar-refractivity contribution >= 4 is 5.91 Å². The number of carbonyl (C=O) groups is 1. The van der Waals surface area contributed by atoms with Crippen LogP contribution in [-0.2, 0) is 4.79 Å². The van der Waals surface area contributed by atoms with E-state index in [2.05, 4.69) is 26.3 Å². The Morgan fingerprint density at radius 3 is 3.05 bits per heavy atom. The van der Waals surface area contributed by atoms with E-state index in [4.69, 9.17) is 0 Å². The molecule has 1 saturated heterocycles. The summed E-state index contributed by atoms with van der Waals surface area (Å²) in [4.78, 5) is 18.4. The normalized spacial score (nSPS) is 20.5. The van der Waals surface area contributed by atoms with Gasteiger partial charge in [0.15, 0.2) is 0 Å². The molecule has 0 unspecified atom stereocenters.